The van der Waals surface area contributed by atoms with Crippen molar-refractivity contribution in [3.05, 3.63) is 53.9 Å². The monoisotopic (exact) mass is 377 g/mol. The predicted octanol–water partition coefficient (Wildman–Crippen LogP) is 0.841. The van der Waals surface area contributed by atoms with Gasteiger partial charge in [-0.3, -0.25) is 14.3 Å². The summed E-state index contributed by atoms with van der Waals surface area (Å²) >= 11 is 0. The van der Waals surface area contributed by atoms with Crippen molar-refractivity contribution in [1.82, 2.24) is 20.4 Å². The molecule has 1 saturated heterocycles. The van der Waals surface area contributed by atoms with Crippen LogP contribution in [0.25, 0.3) is 0 Å². The molecule has 0 radical (unpaired) electrons. The molecule has 1 aliphatic heterocycles. The molecule has 0 spiro atoms. The zero-order chi connectivity index (χ0) is 17.7. The molecule has 26 heavy (non-hydrogen) atoms. The molecule has 0 atom stereocenters. The van der Waals surface area contributed by atoms with Gasteiger partial charge in [-0.15, -0.1) is 12.4 Å². The Morgan fingerprint density at radius 1 is 1.27 bits per heavy atom. The molecule has 140 valence electrons. The quantitative estimate of drug-likeness (QED) is 0.694. The smallest absolute Gasteiger partial charge is 0.248 e. The minimum absolute atomic E-state index is 0. The Morgan fingerprint density at radius 3 is 2.69 bits per heavy atom. The summed E-state index contributed by atoms with van der Waals surface area (Å²) in [5, 5.41) is 10.6. The van der Waals surface area contributed by atoms with Gasteiger partial charge in [0.2, 0.25) is 11.8 Å². The summed E-state index contributed by atoms with van der Waals surface area (Å²) < 4.78 is 1.77. The molecule has 0 bridgehead atoms. The van der Waals surface area contributed by atoms with Crippen LogP contribution in [0, 0.1) is 0 Å². The highest BCUT2D eigenvalue weighted by atomic mass is 35.5. The van der Waals surface area contributed by atoms with Gasteiger partial charge < -0.3 is 16.4 Å². The maximum Gasteiger partial charge on any atom is 0.248 e. The second-order valence-corrected chi connectivity index (χ2v) is 6.30. The van der Waals surface area contributed by atoms with Crippen LogP contribution in [0.4, 0.5) is 0 Å². The molecule has 0 unspecified atom stereocenters. The second-order valence-electron chi connectivity index (χ2n) is 6.30. The molecule has 0 aliphatic carbocycles. The van der Waals surface area contributed by atoms with E-state index in [1.165, 1.54) is 0 Å². The van der Waals surface area contributed by atoms with E-state index < -0.39 is 11.4 Å². The predicted molar refractivity (Wildman–Crippen MR) is 101 cm³/mol. The van der Waals surface area contributed by atoms with Gasteiger partial charge in [-0.1, -0.05) is 12.1 Å². The van der Waals surface area contributed by atoms with Crippen molar-refractivity contribution >= 4 is 24.2 Å². The number of hydrogen-bond donors (Lipinski definition) is 3. The van der Waals surface area contributed by atoms with E-state index in [0.29, 0.717) is 31.4 Å². The molecule has 0 saturated carbocycles. The van der Waals surface area contributed by atoms with Gasteiger partial charge in [-0.05, 0) is 56.1 Å². The molecule has 1 aromatic carbocycles. The Bertz CT molecular complexity index is 742. The van der Waals surface area contributed by atoms with Crippen molar-refractivity contribution in [2.75, 3.05) is 19.6 Å². The van der Waals surface area contributed by atoms with Crippen LogP contribution in [0.1, 0.15) is 28.8 Å². The van der Waals surface area contributed by atoms with Gasteiger partial charge in [0.25, 0.3) is 0 Å². The number of nitrogens with one attached hydrogen (secondary N) is 2. The fourth-order valence-corrected chi connectivity index (χ4v) is 3.29. The molecule has 7 nitrogen and oxygen atoms in total. The lowest BCUT2D eigenvalue weighted by molar-refractivity contribution is -0.131. The average Bonchev–Trinajstić information content (AvgIpc) is 3.17. The molecular formula is C18H24ClN5O2. The van der Waals surface area contributed by atoms with Crippen molar-refractivity contribution in [2.24, 2.45) is 5.73 Å². The number of primary amides is 1. The van der Waals surface area contributed by atoms with Gasteiger partial charge in [-0.25, -0.2) is 0 Å². The standard InChI is InChI=1S/C18H23N5O2.ClH/c19-16(24)15-4-1-3-14(13-15)5-9-21-17(25)18(6-10-20-11-7-18)23-12-2-8-22-23;/h1-4,8,12-13,20H,5-7,9-11H2,(H2,19,24)(H,21,25);1H. The van der Waals surface area contributed by atoms with Crippen molar-refractivity contribution in [3.8, 4) is 0 Å². The van der Waals surface area contributed by atoms with E-state index in [0.717, 1.165) is 18.7 Å². The van der Waals surface area contributed by atoms with E-state index in [-0.39, 0.29) is 18.3 Å². The van der Waals surface area contributed by atoms with E-state index in [9.17, 15) is 9.59 Å². The van der Waals surface area contributed by atoms with Crippen molar-refractivity contribution in [3.63, 3.8) is 0 Å². The maximum atomic E-state index is 12.9. The number of hydrogen-bond acceptors (Lipinski definition) is 4. The van der Waals surface area contributed by atoms with Gasteiger partial charge in [0.15, 0.2) is 0 Å². The lowest BCUT2D eigenvalue weighted by Gasteiger charge is -2.36. The number of benzene rings is 1. The van der Waals surface area contributed by atoms with E-state index >= 15 is 0 Å². The van der Waals surface area contributed by atoms with Crippen LogP contribution in [-0.2, 0) is 16.8 Å². The fourth-order valence-electron chi connectivity index (χ4n) is 3.29. The lowest BCUT2D eigenvalue weighted by Crippen LogP contribution is -2.54. The zero-order valence-electron chi connectivity index (χ0n) is 14.5. The number of nitrogens with zero attached hydrogens (tertiary/aromatic N) is 2. The highest BCUT2D eigenvalue weighted by molar-refractivity contribution is 5.92. The maximum absolute atomic E-state index is 12.9. The first-order valence-corrected chi connectivity index (χ1v) is 8.50. The minimum atomic E-state index is -0.635. The fraction of sp³-hybridized carbons (Fsp3) is 0.389. The summed E-state index contributed by atoms with van der Waals surface area (Å²) in [6.07, 6.45) is 5.60. The summed E-state index contributed by atoms with van der Waals surface area (Å²) in [6.45, 7) is 2.07. The van der Waals surface area contributed by atoms with Gasteiger partial charge in [0.05, 0.1) is 0 Å². The molecule has 1 fully saturated rings. The Hall–Kier alpha value is -2.38. The van der Waals surface area contributed by atoms with Crippen LogP contribution in [0.5, 0.6) is 0 Å². The van der Waals surface area contributed by atoms with Crippen molar-refractivity contribution < 1.29 is 9.59 Å². The molecule has 2 heterocycles. The third-order valence-corrected chi connectivity index (χ3v) is 4.71. The summed E-state index contributed by atoms with van der Waals surface area (Å²) in [4.78, 5) is 24.2. The Kier molecular flexibility index (Phi) is 6.76. The van der Waals surface area contributed by atoms with Gasteiger partial charge in [-0.2, -0.15) is 5.10 Å². The molecular weight excluding hydrogens is 354 g/mol. The Labute approximate surface area is 158 Å². The molecule has 2 aromatic rings. The van der Waals surface area contributed by atoms with Gasteiger partial charge in [0.1, 0.15) is 5.54 Å². The van der Waals surface area contributed by atoms with E-state index in [1.54, 1.807) is 29.1 Å². The first kappa shape index (κ1) is 19.9. The number of halogens is 1. The lowest BCUT2D eigenvalue weighted by atomic mass is 9.87. The summed E-state index contributed by atoms with van der Waals surface area (Å²) in [5.74, 6) is -0.456. The third-order valence-electron chi connectivity index (χ3n) is 4.71. The normalized spacial score (nSPS) is 15.7. The summed E-state index contributed by atoms with van der Waals surface area (Å²) in [7, 11) is 0. The highest BCUT2D eigenvalue weighted by Crippen LogP contribution is 2.27. The average molecular weight is 378 g/mol. The van der Waals surface area contributed by atoms with Gasteiger partial charge in [0, 0.05) is 24.5 Å². The van der Waals surface area contributed by atoms with Crippen LogP contribution in [0.15, 0.2) is 42.7 Å². The van der Waals surface area contributed by atoms with E-state index in [1.807, 2.05) is 18.3 Å². The topological polar surface area (TPSA) is 102 Å². The second kappa shape index (κ2) is 8.82. The van der Waals surface area contributed by atoms with Gasteiger partial charge >= 0.3 is 0 Å². The van der Waals surface area contributed by atoms with E-state index in [2.05, 4.69) is 15.7 Å². The zero-order valence-corrected chi connectivity index (χ0v) is 15.3. The van der Waals surface area contributed by atoms with Crippen molar-refractivity contribution in [1.29, 1.82) is 0 Å². The molecule has 1 aliphatic rings. The number of carbonyl (C=O) groups excluding carboxylic acids is 2. The summed E-state index contributed by atoms with van der Waals surface area (Å²) in [5.41, 5.74) is 6.12. The number of amides is 2. The van der Waals surface area contributed by atoms with Crippen LogP contribution >= 0.6 is 12.4 Å². The van der Waals surface area contributed by atoms with E-state index in [4.69, 9.17) is 5.73 Å². The number of nitrogens with two attached hydrogens (primary N) is 1. The Morgan fingerprint density at radius 2 is 2.04 bits per heavy atom. The number of carbonyl (C=O) groups is 2. The minimum Gasteiger partial charge on any atom is -0.366 e. The molecule has 2 amide bonds. The molecule has 3 rings (SSSR count). The van der Waals surface area contributed by atoms with Crippen LogP contribution in [0.3, 0.4) is 0 Å². The SMILES string of the molecule is Cl.NC(=O)c1cccc(CCNC(=O)C2(n3cccn3)CCNCC2)c1. The number of aromatic nitrogens is 2. The number of rotatable bonds is 6. The van der Waals surface area contributed by atoms with Crippen LogP contribution in [0.2, 0.25) is 0 Å². The molecule has 8 heteroatoms. The largest absolute Gasteiger partial charge is 0.366 e. The summed E-state index contributed by atoms with van der Waals surface area (Å²) in [6, 6.07) is 9.02. The number of piperidine rings is 1. The van der Waals surface area contributed by atoms with Crippen LogP contribution < -0.4 is 16.4 Å². The Balaban J connectivity index is 0.00000243. The van der Waals surface area contributed by atoms with Crippen molar-refractivity contribution in [2.45, 2.75) is 24.8 Å². The first-order valence-electron chi connectivity index (χ1n) is 8.50. The molecule has 4 N–H and O–H groups in total. The first-order chi connectivity index (χ1) is 12.1. The highest BCUT2D eigenvalue weighted by Gasteiger charge is 2.41. The van der Waals surface area contributed by atoms with Crippen LogP contribution in [-0.4, -0.2) is 41.2 Å². The third kappa shape index (κ3) is 4.23. The molecule has 1 aromatic heterocycles.